The molecule has 2 aliphatic rings. The second-order valence-electron chi connectivity index (χ2n) is 7.26. The Bertz CT molecular complexity index is 879. The topological polar surface area (TPSA) is 58.6 Å². The van der Waals surface area contributed by atoms with Gasteiger partial charge >= 0.3 is 6.03 Å². The molecule has 5 nitrogen and oxygen atoms in total. The molecule has 1 fully saturated rings. The monoisotopic (exact) mass is 364 g/mol. The van der Waals surface area contributed by atoms with Crippen LogP contribution in [-0.2, 0) is 24.1 Å². The van der Waals surface area contributed by atoms with E-state index < -0.39 is 5.54 Å². The van der Waals surface area contributed by atoms with Crippen molar-refractivity contribution < 1.29 is 14.3 Å². The number of imide groups is 1. The molecule has 1 saturated heterocycles. The van der Waals surface area contributed by atoms with Crippen molar-refractivity contribution in [3.63, 3.8) is 0 Å². The van der Waals surface area contributed by atoms with Crippen LogP contribution in [0.5, 0.6) is 5.75 Å². The van der Waals surface area contributed by atoms with Gasteiger partial charge in [-0.2, -0.15) is 0 Å². The van der Waals surface area contributed by atoms with E-state index in [2.05, 4.69) is 24.4 Å². The van der Waals surface area contributed by atoms with Crippen LogP contribution in [0.2, 0.25) is 0 Å². The molecule has 0 aromatic heterocycles. The first-order valence-corrected chi connectivity index (χ1v) is 9.54. The van der Waals surface area contributed by atoms with Crippen molar-refractivity contribution in [1.29, 1.82) is 0 Å². The van der Waals surface area contributed by atoms with Gasteiger partial charge in [0.1, 0.15) is 17.9 Å². The molecular formula is C22H24N2O3. The molecule has 1 aliphatic heterocycles. The van der Waals surface area contributed by atoms with Gasteiger partial charge in [-0.3, -0.25) is 9.69 Å². The molecule has 1 heterocycles. The zero-order valence-electron chi connectivity index (χ0n) is 15.5. The van der Waals surface area contributed by atoms with E-state index in [1.54, 1.807) is 0 Å². The van der Waals surface area contributed by atoms with Crippen molar-refractivity contribution in [2.75, 3.05) is 13.2 Å². The molecule has 0 radical (unpaired) electrons. The fourth-order valence-electron chi connectivity index (χ4n) is 4.01. The minimum absolute atomic E-state index is 0.132. The van der Waals surface area contributed by atoms with Crippen LogP contribution in [0.15, 0.2) is 48.5 Å². The first-order valence-electron chi connectivity index (χ1n) is 9.54. The van der Waals surface area contributed by atoms with Crippen LogP contribution >= 0.6 is 0 Å². The van der Waals surface area contributed by atoms with Gasteiger partial charge in [0.2, 0.25) is 0 Å². The highest BCUT2D eigenvalue weighted by molar-refractivity contribution is 6.07. The van der Waals surface area contributed by atoms with Crippen molar-refractivity contribution in [2.24, 2.45) is 0 Å². The molecule has 2 aromatic rings. The summed E-state index contributed by atoms with van der Waals surface area (Å²) in [4.78, 5) is 26.8. The fourth-order valence-corrected chi connectivity index (χ4v) is 4.01. The summed E-state index contributed by atoms with van der Waals surface area (Å²) in [7, 11) is 0. The van der Waals surface area contributed by atoms with Crippen molar-refractivity contribution in [3.05, 3.63) is 65.2 Å². The van der Waals surface area contributed by atoms with Crippen LogP contribution < -0.4 is 10.1 Å². The van der Waals surface area contributed by atoms with E-state index in [0.29, 0.717) is 19.4 Å². The van der Waals surface area contributed by atoms with Crippen LogP contribution in [0.3, 0.4) is 0 Å². The first kappa shape index (κ1) is 17.6. The molecule has 1 aliphatic carbocycles. The standard InChI is InChI=1S/C22H24N2O3/c1-2-16-6-5-9-19(14-16)27-13-12-24-20(25)22(23-21(24)26)11-10-17-7-3-4-8-18(17)15-22/h3-9,14H,2,10-13,15H2,1H3,(H,23,26). The third-order valence-corrected chi connectivity index (χ3v) is 5.57. The number of fused-ring (bicyclic) bond motifs is 1. The molecule has 1 N–H and O–H groups in total. The summed E-state index contributed by atoms with van der Waals surface area (Å²) in [5.74, 6) is 0.635. The highest BCUT2D eigenvalue weighted by Gasteiger charge is 2.52. The lowest BCUT2D eigenvalue weighted by molar-refractivity contribution is -0.132. The Morgan fingerprint density at radius 2 is 1.93 bits per heavy atom. The first-order chi connectivity index (χ1) is 13.1. The van der Waals surface area contributed by atoms with Crippen LogP contribution in [0.4, 0.5) is 4.79 Å². The number of rotatable bonds is 5. The number of urea groups is 1. The number of benzene rings is 2. The molecule has 1 spiro atoms. The van der Waals surface area contributed by atoms with Crippen molar-refractivity contribution in [1.82, 2.24) is 10.2 Å². The van der Waals surface area contributed by atoms with Gasteiger partial charge in [0.25, 0.3) is 5.91 Å². The lowest BCUT2D eigenvalue weighted by Crippen LogP contribution is -2.51. The van der Waals surface area contributed by atoms with Gasteiger partial charge in [-0.05, 0) is 48.1 Å². The molecule has 140 valence electrons. The highest BCUT2D eigenvalue weighted by Crippen LogP contribution is 2.33. The van der Waals surface area contributed by atoms with E-state index in [9.17, 15) is 9.59 Å². The highest BCUT2D eigenvalue weighted by atomic mass is 16.5. The molecule has 27 heavy (non-hydrogen) atoms. The number of ether oxygens (including phenoxy) is 1. The molecule has 1 atom stereocenters. The van der Waals surface area contributed by atoms with Gasteiger partial charge < -0.3 is 10.1 Å². The largest absolute Gasteiger partial charge is 0.492 e. The molecule has 5 heteroatoms. The summed E-state index contributed by atoms with van der Waals surface area (Å²) in [6.45, 7) is 2.64. The summed E-state index contributed by atoms with van der Waals surface area (Å²) in [5, 5.41) is 2.96. The minimum atomic E-state index is -0.798. The fraction of sp³-hybridized carbons (Fsp3) is 0.364. The summed E-state index contributed by atoms with van der Waals surface area (Å²) in [6, 6.07) is 15.7. The molecule has 4 rings (SSSR count). The van der Waals surface area contributed by atoms with E-state index in [1.165, 1.54) is 16.0 Å². The number of carbonyl (C=O) groups is 2. The van der Waals surface area contributed by atoms with Crippen LogP contribution in [-0.4, -0.2) is 35.5 Å². The minimum Gasteiger partial charge on any atom is -0.492 e. The summed E-state index contributed by atoms with van der Waals surface area (Å²) in [6.07, 6.45) is 2.94. The summed E-state index contributed by atoms with van der Waals surface area (Å²) in [5.41, 5.74) is 2.81. The van der Waals surface area contributed by atoms with Gasteiger partial charge in [0.15, 0.2) is 0 Å². The molecular weight excluding hydrogens is 340 g/mol. The summed E-state index contributed by atoms with van der Waals surface area (Å²) >= 11 is 0. The third kappa shape index (κ3) is 3.29. The molecule has 2 aromatic carbocycles. The Morgan fingerprint density at radius 1 is 1.11 bits per heavy atom. The smallest absolute Gasteiger partial charge is 0.325 e. The Balaban J connectivity index is 1.41. The SMILES string of the molecule is CCc1cccc(OCCN2C(=O)NC3(CCc4ccccc4C3)C2=O)c1. The Hall–Kier alpha value is -2.82. The second-order valence-corrected chi connectivity index (χ2v) is 7.26. The van der Waals surface area contributed by atoms with E-state index >= 15 is 0 Å². The van der Waals surface area contributed by atoms with Crippen molar-refractivity contribution in [2.45, 2.75) is 38.1 Å². The van der Waals surface area contributed by atoms with Gasteiger partial charge in [-0.15, -0.1) is 0 Å². The van der Waals surface area contributed by atoms with E-state index in [-0.39, 0.29) is 18.5 Å². The molecule has 0 bridgehead atoms. The third-order valence-electron chi connectivity index (χ3n) is 5.57. The lowest BCUT2D eigenvalue weighted by atomic mass is 9.78. The van der Waals surface area contributed by atoms with Crippen molar-refractivity contribution >= 4 is 11.9 Å². The predicted octanol–water partition coefficient (Wildman–Crippen LogP) is 3.11. The van der Waals surface area contributed by atoms with Gasteiger partial charge in [-0.1, -0.05) is 43.3 Å². The number of aryl methyl sites for hydroxylation is 2. The number of amides is 3. The lowest BCUT2D eigenvalue weighted by Gasteiger charge is -2.32. The van der Waals surface area contributed by atoms with Gasteiger partial charge in [0, 0.05) is 6.42 Å². The maximum Gasteiger partial charge on any atom is 0.325 e. The van der Waals surface area contributed by atoms with Gasteiger partial charge in [0.05, 0.1) is 6.54 Å². The maximum atomic E-state index is 13.0. The van der Waals surface area contributed by atoms with Gasteiger partial charge in [-0.25, -0.2) is 4.79 Å². The number of hydrogen-bond donors (Lipinski definition) is 1. The van der Waals surface area contributed by atoms with Crippen molar-refractivity contribution in [3.8, 4) is 5.75 Å². The van der Waals surface area contributed by atoms with E-state index in [1.807, 2.05) is 36.4 Å². The number of hydrogen-bond acceptors (Lipinski definition) is 3. The number of carbonyl (C=O) groups excluding carboxylic acids is 2. The average molecular weight is 364 g/mol. The Labute approximate surface area is 159 Å². The number of nitrogens with zero attached hydrogens (tertiary/aromatic N) is 1. The van der Waals surface area contributed by atoms with Crippen LogP contribution in [0.1, 0.15) is 30.0 Å². The molecule has 0 saturated carbocycles. The summed E-state index contributed by atoms with van der Waals surface area (Å²) < 4.78 is 5.77. The normalized spacial score (nSPS) is 21.3. The zero-order valence-corrected chi connectivity index (χ0v) is 15.5. The van der Waals surface area contributed by atoms with Crippen LogP contribution in [0.25, 0.3) is 0 Å². The Morgan fingerprint density at radius 3 is 2.74 bits per heavy atom. The van der Waals surface area contributed by atoms with E-state index in [0.717, 1.165) is 24.2 Å². The molecule has 1 unspecified atom stereocenters. The second kappa shape index (κ2) is 7.06. The number of nitrogens with one attached hydrogen (secondary N) is 1. The maximum absolute atomic E-state index is 13.0. The molecule has 3 amide bonds. The zero-order chi connectivity index (χ0) is 18.9. The Kier molecular flexibility index (Phi) is 4.60. The average Bonchev–Trinajstić information content (AvgIpc) is 2.92. The predicted molar refractivity (Wildman–Crippen MR) is 103 cm³/mol. The quantitative estimate of drug-likeness (QED) is 0.830. The van der Waals surface area contributed by atoms with Crippen LogP contribution in [0, 0.1) is 0 Å². The van der Waals surface area contributed by atoms with E-state index in [4.69, 9.17) is 4.74 Å².